The normalized spacial score (nSPS) is 37.1. The van der Waals surface area contributed by atoms with Gasteiger partial charge in [0.25, 0.3) is 0 Å². The third kappa shape index (κ3) is 1.82. The highest BCUT2D eigenvalue weighted by atomic mass is 15.2. The van der Waals surface area contributed by atoms with Crippen molar-refractivity contribution in [3.8, 4) is 0 Å². The fourth-order valence-electron chi connectivity index (χ4n) is 3.09. The molecule has 2 aliphatic rings. The maximum Gasteiger partial charge on any atom is 0.0244 e. The summed E-state index contributed by atoms with van der Waals surface area (Å²) in [7, 11) is 0. The molecular formula is C12H24N2. The lowest BCUT2D eigenvalue weighted by molar-refractivity contribution is 0.0754. The SMILES string of the molecule is CC1CCN(CC2(C)CCC2)C1CN. The van der Waals surface area contributed by atoms with Crippen LogP contribution in [0.2, 0.25) is 0 Å². The molecule has 1 heterocycles. The number of nitrogens with two attached hydrogens (primary N) is 1. The lowest BCUT2D eigenvalue weighted by atomic mass is 9.70. The van der Waals surface area contributed by atoms with E-state index in [9.17, 15) is 0 Å². The Balaban J connectivity index is 1.91. The molecule has 1 saturated carbocycles. The molecule has 2 N–H and O–H groups in total. The van der Waals surface area contributed by atoms with Crippen molar-refractivity contribution < 1.29 is 0 Å². The predicted molar refractivity (Wildman–Crippen MR) is 60.2 cm³/mol. The van der Waals surface area contributed by atoms with Gasteiger partial charge in [0.15, 0.2) is 0 Å². The highest BCUT2D eigenvalue weighted by molar-refractivity contribution is 4.92. The van der Waals surface area contributed by atoms with Crippen LogP contribution in [0.25, 0.3) is 0 Å². The Labute approximate surface area is 87.8 Å². The summed E-state index contributed by atoms with van der Waals surface area (Å²) in [5, 5.41) is 0. The van der Waals surface area contributed by atoms with Crippen molar-refractivity contribution in [1.29, 1.82) is 0 Å². The highest BCUT2D eigenvalue weighted by Gasteiger charge is 2.38. The summed E-state index contributed by atoms with van der Waals surface area (Å²) in [5.41, 5.74) is 6.47. The largest absolute Gasteiger partial charge is 0.329 e. The molecule has 2 rings (SSSR count). The van der Waals surface area contributed by atoms with Crippen LogP contribution in [0.4, 0.5) is 0 Å². The van der Waals surface area contributed by atoms with Crippen molar-refractivity contribution in [1.82, 2.24) is 4.90 Å². The lowest BCUT2D eigenvalue weighted by Gasteiger charge is -2.43. The Morgan fingerprint density at radius 3 is 2.64 bits per heavy atom. The summed E-state index contributed by atoms with van der Waals surface area (Å²) in [6, 6.07) is 0.660. The average Bonchev–Trinajstić information content (AvgIpc) is 2.44. The van der Waals surface area contributed by atoms with Crippen LogP contribution in [0.15, 0.2) is 0 Å². The molecule has 2 heteroatoms. The van der Waals surface area contributed by atoms with E-state index in [0.29, 0.717) is 11.5 Å². The van der Waals surface area contributed by atoms with Crippen LogP contribution in [0, 0.1) is 11.3 Å². The molecule has 0 aromatic rings. The number of hydrogen-bond donors (Lipinski definition) is 1. The Morgan fingerprint density at radius 2 is 2.14 bits per heavy atom. The molecule has 82 valence electrons. The molecule has 0 bridgehead atoms. The molecular weight excluding hydrogens is 172 g/mol. The molecule has 0 amide bonds. The van der Waals surface area contributed by atoms with E-state index in [4.69, 9.17) is 5.73 Å². The van der Waals surface area contributed by atoms with E-state index < -0.39 is 0 Å². The first-order chi connectivity index (χ1) is 6.64. The topological polar surface area (TPSA) is 29.3 Å². The highest BCUT2D eigenvalue weighted by Crippen LogP contribution is 2.42. The Bertz CT molecular complexity index is 198. The second kappa shape index (κ2) is 3.82. The minimum Gasteiger partial charge on any atom is -0.329 e. The van der Waals surface area contributed by atoms with Crippen LogP contribution in [0.3, 0.4) is 0 Å². The van der Waals surface area contributed by atoms with Gasteiger partial charge in [-0.25, -0.2) is 0 Å². The fraction of sp³-hybridized carbons (Fsp3) is 1.00. The van der Waals surface area contributed by atoms with Crippen LogP contribution in [-0.2, 0) is 0 Å². The molecule has 0 radical (unpaired) electrons. The molecule has 14 heavy (non-hydrogen) atoms. The van der Waals surface area contributed by atoms with Gasteiger partial charge in [-0.1, -0.05) is 20.3 Å². The van der Waals surface area contributed by atoms with Crippen molar-refractivity contribution in [2.45, 2.75) is 45.6 Å². The first kappa shape index (κ1) is 10.4. The Hall–Kier alpha value is -0.0800. The van der Waals surface area contributed by atoms with Crippen molar-refractivity contribution in [3.63, 3.8) is 0 Å². The summed E-state index contributed by atoms with van der Waals surface area (Å²) in [4.78, 5) is 2.64. The molecule has 1 aliphatic heterocycles. The van der Waals surface area contributed by atoms with Crippen LogP contribution in [0.1, 0.15) is 39.5 Å². The summed E-state index contributed by atoms with van der Waals surface area (Å²) in [6.45, 7) is 8.20. The molecule has 1 saturated heterocycles. The van der Waals surface area contributed by atoms with Gasteiger partial charge in [0.1, 0.15) is 0 Å². The number of rotatable bonds is 3. The summed E-state index contributed by atoms with van der Waals surface area (Å²) >= 11 is 0. The van der Waals surface area contributed by atoms with Gasteiger partial charge < -0.3 is 5.73 Å². The van der Waals surface area contributed by atoms with Crippen LogP contribution in [-0.4, -0.2) is 30.6 Å². The monoisotopic (exact) mass is 196 g/mol. The van der Waals surface area contributed by atoms with E-state index in [2.05, 4.69) is 18.7 Å². The Morgan fingerprint density at radius 1 is 1.43 bits per heavy atom. The van der Waals surface area contributed by atoms with Gasteiger partial charge in [-0.3, -0.25) is 4.90 Å². The smallest absolute Gasteiger partial charge is 0.0244 e. The predicted octanol–water partition coefficient (Wildman–Crippen LogP) is 1.85. The maximum atomic E-state index is 5.85. The summed E-state index contributed by atoms with van der Waals surface area (Å²) in [6.07, 6.45) is 5.63. The molecule has 1 aliphatic carbocycles. The third-order valence-electron chi connectivity index (χ3n) is 4.38. The number of likely N-dealkylation sites (tertiary alicyclic amines) is 1. The zero-order valence-corrected chi connectivity index (χ0v) is 9.63. The minimum atomic E-state index is 0.622. The van der Waals surface area contributed by atoms with E-state index >= 15 is 0 Å². The average molecular weight is 196 g/mol. The molecule has 0 spiro atoms. The van der Waals surface area contributed by atoms with E-state index in [1.165, 1.54) is 38.8 Å². The molecule has 2 nitrogen and oxygen atoms in total. The first-order valence-electron chi connectivity index (χ1n) is 6.09. The van der Waals surface area contributed by atoms with Crippen molar-refractivity contribution in [3.05, 3.63) is 0 Å². The van der Waals surface area contributed by atoms with E-state index in [1.807, 2.05) is 0 Å². The minimum absolute atomic E-state index is 0.622. The van der Waals surface area contributed by atoms with Crippen LogP contribution in [0.5, 0.6) is 0 Å². The standard InChI is InChI=1S/C12H24N2/c1-10-4-7-14(11(10)8-13)9-12(2)5-3-6-12/h10-11H,3-9,13H2,1-2H3. The van der Waals surface area contributed by atoms with E-state index in [1.54, 1.807) is 0 Å². The molecule has 2 fully saturated rings. The lowest BCUT2D eigenvalue weighted by Crippen LogP contribution is -2.46. The van der Waals surface area contributed by atoms with Gasteiger partial charge in [-0.05, 0) is 37.1 Å². The summed E-state index contributed by atoms with van der Waals surface area (Å²) < 4.78 is 0. The number of nitrogens with zero attached hydrogens (tertiary/aromatic N) is 1. The van der Waals surface area contributed by atoms with E-state index in [-0.39, 0.29) is 0 Å². The van der Waals surface area contributed by atoms with Gasteiger partial charge in [0.05, 0.1) is 0 Å². The second-order valence-electron chi connectivity index (χ2n) is 5.70. The van der Waals surface area contributed by atoms with Crippen LogP contribution >= 0.6 is 0 Å². The van der Waals surface area contributed by atoms with Gasteiger partial charge in [-0.2, -0.15) is 0 Å². The molecule has 0 aromatic heterocycles. The van der Waals surface area contributed by atoms with Gasteiger partial charge in [0.2, 0.25) is 0 Å². The van der Waals surface area contributed by atoms with Crippen molar-refractivity contribution >= 4 is 0 Å². The van der Waals surface area contributed by atoms with Crippen molar-refractivity contribution in [2.75, 3.05) is 19.6 Å². The van der Waals surface area contributed by atoms with Gasteiger partial charge >= 0.3 is 0 Å². The summed E-state index contributed by atoms with van der Waals surface area (Å²) in [5.74, 6) is 0.809. The zero-order chi connectivity index (χ0) is 10.2. The maximum absolute atomic E-state index is 5.85. The van der Waals surface area contributed by atoms with Crippen molar-refractivity contribution in [2.24, 2.45) is 17.1 Å². The Kier molecular flexibility index (Phi) is 2.85. The zero-order valence-electron chi connectivity index (χ0n) is 9.63. The third-order valence-corrected chi connectivity index (χ3v) is 4.38. The molecule has 2 atom stereocenters. The fourth-order valence-corrected chi connectivity index (χ4v) is 3.09. The van der Waals surface area contributed by atoms with Gasteiger partial charge in [0, 0.05) is 19.1 Å². The quantitative estimate of drug-likeness (QED) is 0.746. The van der Waals surface area contributed by atoms with Crippen LogP contribution < -0.4 is 5.73 Å². The molecule has 2 unspecified atom stereocenters. The second-order valence-corrected chi connectivity index (χ2v) is 5.70. The number of hydrogen-bond acceptors (Lipinski definition) is 2. The molecule has 0 aromatic carbocycles. The van der Waals surface area contributed by atoms with E-state index in [0.717, 1.165) is 12.5 Å². The van der Waals surface area contributed by atoms with Gasteiger partial charge in [-0.15, -0.1) is 0 Å². The first-order valence-corrected chi connectivity index (χ1v) is 6.09.